The highest BCUT2D eigenvalue weighted by molar-refractivity contribution is 9.10. The minimum atomic E-state index is -1.28. The second kappa shape index (κ2) is 7.62. The number of anilines is 1. The molecule has 1 unspecified atom stereocenters. The van der Waals surface area contributed by atoms with E-state index >= 15 is 0 Å². The normalized spacial score (nSPS) is 18.6. The summed E-state index contributed by atoms with van der Waals surface area (Å²) in [5.74, 6) is -1.17. The number of nitriles is 1. The van der Waals surface area contributed by atoms with Crippen molar-refractivity contribution in [2.75, 3.05) is 11.9 Å². The Labute approximate surface area is 174 Å². The van der Waals surface area contributed by atoms with Crippen LogP contribution in [0.15, 0.2) is 46.9 Å². The highest BCUT2D eigenvalue weighted by Gasteiger charge is 2.49. The Morgan fingerprint density at radius 3 is 2.75 bits per heavy atom. The average molecular weight is 462 g/mol. The van der Waals surface area contributed by atoms with Gasteiger partial charge in [-0.05, 0) is 42.8 Å². The first-order valence-electron chi connectivity index (χ1n) is 8.14. The molecule has 0 bridgehead atoms. The molecular weight excluding hydrogens is 448 g/mol. The van der Waals surface area contributed by atoms with Gasteiger partial charge in [-0.25, -0.2) is 4.79 Å². The van der Waals surface area contributed by atoms with E-state index in [1.54, 1.807) is 31.2 Å². The second-order valence-corrected chi connectivity index (χ2v) is 7.66. The minimum absolute atomic E-state index is 0.210. The van der Waals surface area contributed by atoms with Crippen molar-refractivity contribution >= 4 is 51.1 Å². The lowest BCUT2D eigenvalue weighted by Crippen LogP contribution is -2.42. The first-order chi connectivity index (χ1) is 13.2. The molecule has 0 spiro atoms. The third kappa shape index (κ3) is 3.72. The lowest BCUT2D eigenvalue weighted by atomic mass is 9.92. The lowest BCUT2D eigenvalue weighted by Gasteiger charge is -2.22. The summed E-state index contributed by atoms with van der Waals surface area (Å²) in [6, 6.07) is 12.7. The molecule has 0 saturated carbocycles. The fraction of sp³-hybridized carbons (Fsp3) is 0.158. The Bertz CT molecular complexity index is 1040. The summed E-state index contributed by atoms with van der Waals surface area (Å²) in [6.07, 6.45) is 0. The van der Waals surface area contributed by atoms with Crippen LogP contribution < -0.4 is 10.6 Å². The van der Waals surface area contributed by atoms with E-state index in [0.29, 0.717) is 10.6 Å². The van der Waals surface area contributed by atoms with E-state index in [9.17, 15) is 14.4 Å². The van der Waals surface area contributed by atoms with Gasteiger partial charge in [0.1, 0.15) is 18.2 Å². The van der Waals surface area contributed by atoms with Crippen LogP contribution in [0.3, 0.4) is 0 Å². The maximum Gasteiger partial charge on any atom is 0.325 e. The van der Waals surface area contributed by atoms with Gasteiger partial charge < -0.3 is 10.6 Å². The first-order valence-corrected chi connectivity index (χ1v) is 9.31. The van der Waals surface area contributed by atoms with Gasteiger partial charge in [0.25, 0.3) is 5.91 Å². The Kier molecular flexibility index (Phi) is 5.40. The Morgan fingerprint density at radius 1 is 1.32 bits per heavy atom. The van der Waals surface area contributed by atoms with E-state index in [2.05, 4.69) is 26.6 Å². The molecule has 1 saturated heterocycles. The molecule has 3 rings (SSSR count). The van der Waals surface area contributed by atoms with Crippen molar-refractivity contribution in [3.05, 3.63) is 63.1 Å². The van der Waals surface area contributed by atoms with Crippen molar-refractivity contribution in [3.8, 4) is 6.07 Å². The number of carbonyl (C=O) groups is 3. The van der Waals surface area contributed by atoms with Crippen molar-refractivity contribution in [1.29, 1.82) is 5.26 Å². The molecule has 9 heteroatoms. The van der Waals surface area contributed by atoms with Gasteiger partial charge in [0.2, 0.25) is 5.91 Å². The van der Waals surface area contributed by atoms with Gasteiger partial charge in [0.15, 0.2) is 0 Å². The average Bonchev–Trinajstić information content (AvgIpc) is 2.86. The van der Waals surface area contributed by atoms with E-state index in [4.69, 9.17) is 16.9 Å². The molecule has 2 N–H and O–H groups in total. The van der Waals surface area contributed by atoms with Gasteiger partial charge in [0.05, 0.1) is 11.3 Å². The first kappa shape index (κ1) is 19.9. The number of amides is 4. The van der Waals surface area contributed by atoms with Crippen LogP contribution in [0.1, 0.15) is 18.1 Å². The molecule has 4 amide bonds. The summed E-state index contributed by atoms with van der Waals surface area (Å²) < 4.78 is 0.759. The van der Waals surface area contributed by atoms with Gasteiger partial charge in [0, 0.05) is 9.50 Å². The van der Waals surface area contributed by atoms with Crippen LogP contribution in [0.2, 0.25) is 5.02 Å². The monoisotopic (exact) mass is 460 g/mol. The zero-order chi connectivity index (χ0) is 20.5. The number of hydrogen-bond acceptors (Lipinski definition) is 4. The highest BCUT2D eigenvalue weighted by Crippen LogP contribution is 2.30. The van der Waals surface area contributed by atoms with Crippen molar-refractivity contribution < 1.29 is 14.4 Å². The standard InChI is InChI=1S/C19H14BrClN4O3/c1-19(12-3-2-4-13(20)7-12)17(27)25(18(28)24-19)10-16(26)23-15-8-14(21)6-5-11(15)9-22/h2-8H,10H2,1H3,(H,23,26)(H,24,28). The number of imide groups is 1. The number of halogens is 2. The summed E-state index contributed by atoms with van der Waals surface area (Å²) in [5.41, 5.74) is -0.268. The fourth-order valence-electron chi connectivity index (χ4n) is 2.89. The van der Waals surface area contributed by atoms with Gasteiger partial charge in [-0.3, -0.25) is 14.5 Å². The zero-order valence-corrected chi connectivity index (χ0v) is 17.0. The molecular formula is C19H14BrClN4O3. The molecule has 7 nitrogen and oxygen atoms in total. The summed E-state index contributed by atoms with van der Waals surface area (Å²) in [4.78, 5) is 38.5. The van der Waals surface area contributed by atoms with Gasteiger partial charge in [-0.15, -0.1) is 0 Å². The summed E-state index contributed by atoms with van der Waals surface area (Å²) in [7, 11) is 0. The third-order valence-corrected chi connectivity index (χ3v) is 5.08. The van der Waals surface area contributed by atoms with Gasteiger partial charge >= 0.3 is 6.03 Å². The maximum absolute atomic E-state index is 12.9. The van der Waals surface area contributed by atoms with Crippen LogP contribution >= 0.6 is 27.5 Å². The molecule has 0 aliphatic carbocycles. The molecule has 28 heavy (non-hydrogen) atoms. The fourth-order valence-corrected chi connectivity index (χ4v) is 3.46. The van der Waals surface area contributed by atoms with Crippen LogP contribution in [-0.2, 0) is 15.1 Å². The van der Waals surface area contributed by atoms with E-state index in [0.717, 1.165) is 9.37 Å². The molecule has 1 heterocycles. The topological polar surface area (TPSA) is 102 Å². The molecule has 1 aliphatic heterocycles. The van der Waals surface area contributed by atoms with E-state index < -0.39 is 29.9 Å². The van der Waals surface area contributed by atoms with Crippen LogP contribution in [0, 0.1) is 11.3 Å². The van der Waals surface area contributed by atoms with Crippen molar-refractivity contribution in [3.63, 3.8) is 0 Å². The molecule has 2 aromatic rings. The zero-order valence-electron chi connectivity index (χ0n) is 14.6. The van der Waals surface area contributed by atoms with E-state index in [-0.39, 0.29) is 11.3 Å². The van der Waals surface area contributed by atoms with E-state index in [1.807, 2.05) is 6.07 Å². The van der Waals surface area contributed by atoms with Crippen molar-refractivity contribution in [1.82, 2.24) is 10.2 Å². The Balaban J connectivity index is 1.79. The summed E-state index contributed by atoms with van der Waals surface area (Å²) >= 11 is 9.24. The Morgan fingerprint density at radius 2 is 2.07 bits per heavy atom. The summed E-state index contributed by atoms with van der Waals surface area (Å²) in [6.45, 7) is 1.09. The molecule has 2 aromatic carbocycles. The molecule has 1 aliphatic rings. The predicted octanol–water partition coefficient (Wildman–Crippen LogP) is 3.38. The number of urea groups is 1. The third-order valence-electron chi connectivity index (χ3n) is 4.35. The van der Waals surface area contributed by atoms with Crippen LogP contribution in [0.5, 0.6) is 0 Å². The van der Waals surface area contributed by atoms with E-state index in [1.165, 1.54) is 18.2 Å². The molecule has 1 atom stereocenters. The smallest absolute Gasteiger partial charge is 0.323 e. The largest absolute Gasteiger partial charge is 0.325 e. The summed E-state index contributed by atoms with van der Waals surface area (Å²) in [5, 5.41) is 14.6. The van der Waals surface area contributed by atoms with Crippen LogP contribution in [-0.4, -0.2) is 29.3 Å². The molecule has 0 aromatic heterocycles. The number of carbonyl (C=O) groups excluding carboxylic acids is 3. The van der Waals surface area contributed by atoms with Gasteiger partial charge in [-0.2, -0.15) is 5.26 Å². The maximum atomic E-state index is 12.9. The second-order valence-electron chi connectivity index (χ2n) is 6.31. The van der Waals surface area contributed by atoms with Crippen LogP contribution in [0.25, 0.3) is 0 Å². The molecule has 1 fully saturated rings. The Hall–Kier alpha value is -2.89. The minimum Gasteiger partial charge on any atom is -0.323 e. The SMILES string of the molecule is CC1(c2cccc(Br)c2)NC(=O)N(CC(=O)Nc2cc(Cl)ccc2C#N)C1=O. The van der Waals surface area contributed by atoms with Crippen molar-refractivity contribution in [2.24, 2.45) is 0 Å². The van der Waals surface area contributed by atoms with Crippen molar-refractivity contribution in [2.45, 2.75) is 12.5 Å². The van der Waals surface area contributed by atoms with Gasteiger partial charge in [-0.1, -0.05) is 39.7 Å². The number of hydrogen-bond donors (Lipinski definition) is 2. The number of nitrogens with one attached hydrogen (secondary N) is 2. The highest BCUT2D eigenvalue weighted by atomic mass is 79.9. The lowest BCUT2D eigenvalue weighted by molar-refractivity contribution is -0.133. The number of rotatable bonds is 4. The number of nitrogens with zero attached hydrogens (tertiary/aromatic N) is 2. The molecule has 0 radical (unpaired) electrons. The number of benzene rings is 2. The molecule has 142 valence electrons. The van der Waals surface area contributed by atoms with Crippen LogP contribution in [0.4, 0.5) is 10.5 Å². The quantitative estimate of drug-likeness (QED) is 0.681. The predicted molar refractivity (Wildman–Crippen MR) is 107 cm³/mol.